The summed E-state index contributed by atoms with van der Waals surface area (Å²) in [5.74, 6) is -0.0401. The van der Waals surface area contributed by atoms with Gasteiger partial charge >= 0.3 is 0 Å². The molecular weight excluding hydrogens is 238 g/mol. The van der Waals surface area contributed by atoms with Crippen molar-refractivity contribution in [3.63, 3.8) is 0 Å². The van der Waals surface area contributed by atoms with Crippen LogP contribution in [0.25, 0.3) is 0 Å². The van der Waals surface area contributed by atoms with E-state index in [9.17, 15) is 9.90 Å². The van der Waals surface area contributed by atoms with Gasteiger partial charge in [-0.1, -0.05) is 18.2 Å². The fourth-order valence-electron chi connectivity index (χ4n) is 1.19. The number of benzene rings is 1. The lowest BCUT2D eigenvalue weighted by Gasteiger charge is -2.08. The molecule has 17 heavy (non-hydrogen) atoms. The van der Waals surface area contributed by atoms with Crippen molar-refractivity contribution in [2.45, 2.75) is 6.92 Å². The number of aliphatic hydroxyl groups excluding tert-OH is 2. The quantitative estimate of drug-likeness (QED) is 0.555. The number of aliphatic hydroxyl groups is 2. The van der Waals surface area contributed by atoms with Crippen molar-refractivity contribution in [3.05, 3.63) is 41.0 Å². The van der Waals surface area contributed by atoms with Crippen LogP contribution < -0.4 is 5.32 Å². The van der Waals surface area contributed by atoms with Crippen molar-refractivity contribution in [3.8, 4) is 0 Å². The number of thioether (sulfide) groups is 1. The lowest BCUT2D eigenvalue weighted by molar-refractivity contribution is -0.112. The Morgan fingerprint density at radius 1 is 1.35 bits per heavy atom. The van der Waals surface area contributed by atoms with Crippen LogP contribution in [0.3, 0.4) is 0 Å². The third kappa shape index (κ3) is 4.50. The predicted molar refractivity (Wildman–Crippen MR) is 69.9 cm³/mol. The van der Waals surface area contributed by atoms with Crippen molar-refractivity contribution in [1.82, 2.24) is 0 Å². The van der Waals surface area contributed by atoms with Gasteiger partial charge in [0.05, 0.1) is 6.61 Å². The van der Waals surface area contributed by atoms with Crippen LogP contribution in [-0.4, -0.2) is 28.5 Å². The topological polar surface area (TPSA) is 69.6 Å². The number of anilines is 1. The van der Waals surface area contributed by atoms with Gasteiger partial charge in [-0.3, -0.25) is 4.79 Å². The lowest BCUT2D eigenvalue weighted by atomic mass is 10.3. The minimum Gasteiger partial charge on any atom is -0.511 e. The fourth-order valence-corrected chi connectivity index (χ4v) is 1.88. The summed E-state index contributed by atoms with van der Waals surface area (Å²) in [6, 6.07) is 9.00. The Hall–Kier alpha value is -1.46. The molecule has 4 nitrogen and oxygen atoms in total. The van der Waals surface area contributed by atoms with Crippen LogP contribution in [-0.2, 0) is 4.79 Å². The van der Waals surface area contributed by atoms with Crippen molar-refractivity contribution in [1.29, 1.82) is 0 Å². The monoisotopic (exact) mass is 253 g/mol. The number of nitrogens with one attached hydrogen (secondary N) is 1. The molecule has 0 saturated carbocycles. The molecule has 92 valence electrons. The maximum Gasteiger partial charge on any atom is 0.265 e. The second kappa shape index (κ2) is 6.98. The highest BCUT2D eigenvalue weighted by molar-refractivity contribution is 8.04. The molecule has 1 rings (SSSR count). The van der Waals surface area contributed by atoms with Gasteiger partial charge in [-0.2, -0.15) is 0 Å². The minimum atomic E-state index is -0.366. The SMILES string of the molecule is C/C(O)=C(/SCCO)C(=O)Nc1ccccc1. The molecule has 5 heteroatoms. The van der Waals surface area contributed by atoms with Gasteiger partial charge in [0.25, 0.3) is 5.91 Å². The van der Waals surface area contributed by atoms with E-state index in [1.807, 2.05) is 18.2 Å². The molecule has 0 aliphatic heterocycles. The van der Waals surface area contributed by atoms with Gasteiger partial charge < -0.3 is 15.5 Å². The normalized spacial score (nSPS) is 11.9. The van der Waals surface area contributed by atoms with Gasteiger partial charge in [0.1, 0.15) is 10.7 Å². The summed E-state index contributed by atoms with van der Waals surface area (Å²) in [5, 5.41) is 20.8. The molecule has 3 N–H and O–H groups in total. The van der Waals surface area contributed by atoms with Crippen LogP contribution >= 0.6 is 11.8 Å². The summed E-state index contributed by atoms with van der Waals surface area (Å²) in [4.78, 5) is 12.1. The second-order valence-corrected chi connectivity index (χ2v) is 4.41. The van der Waals surface area contributed by atoms with Crippen LogP contribution in [0.5, 0.6) is 0 Å². The Bertz CT molecular complexity index is 399. The summed E-state index contributed by atoms with van der Waals surface area (Å²) >= 11 is 1.12. The zero-order valence-electron chi connectivity index (χ0n) is 9.51. The summed E-state index contributed by atoms with van der Waals surface area (Å²) in [7, 11) is 0. The van der Waals surface area contributed by atoms with E-state index in [1.54, 1.807) is 12.1 Å². The Balaban J connectivity index is 2.70. The highest BCUT2D eigenvalue weighted by Gasteiger charge is 2.13. The van der Waals surface area contributed by atoms with E-state index in [4.69, 9.17) is 5.11 Å². The second-order valence-electron chi connectivity index (χ2n) is 3.31. The summed E-state index contributed by atoms with van der Waals surface area (Å²) in [6.07, 6.45) is 0. The smallest absolute Gasteiger partial charge is 0.265 e. The minimum absolute atomic E-state index is 0.0416. The van der Waals surface area contributed by atoms with Crippen molar-refractivity contribution in [2.75, 3.05) is 17.7 Å². The first-order valence-corrected chi connectivity index (χ1v) is 6.13. The van der Waals surface area contributed by atoms with Crippen molar-refractivity contribution < 1.29 is 15.0 Å². The van der Waals surface area contributed by atoms with Crippen molar-refractivity contribution in [2.24, 2.45) is 0 Å². The fraction of sp³-hybridized carbons (Fsp3) is 0.250. The maximum atomic E-state index is 11.8. The molecular formula is C12H15NO3S. The van der Waals surface area contributed by atoms with Crippen LogP contribution in [0.15, 0.2) is 41.0 Å². The highest BCUT2D eigenvalue weighted by Crippen LogP contribution is 2.20. The Labute approximate surface area is 104 Å². The standard InChI is InChI=1S/C12H15NO3S/c1-9(15)11(17-8-7-14)12(16)13-10-5-3-2-4-6-10/h2-6,14-15H,7-8H2,1H3,(H,13,16)/b11-9-. The third-order valence-corrected chi connectivity index (χ3v) is 3.06. The van der Waals surface area contributed by atoms with Gasteiger partial charge in [-0.25, -0.2) is 0 Å². The number of carbonyl (C=O) groups excluding carboxylic acids is 1. The van der Waals surface area contributed by atoms with Gasteiger partial charge in [0, 0.05) is 11.4 Å². The summed E-state index contributed by atoms with van der Waals surface area (Å²) < 4.78 is 0. The Kier molecular flexibility index (Phi) is 5.59. The molecule has 0 unspecified atom stereocenters. The molecule has 1 aromatic carbocycles. The van der Waals surface area contributed by atoms with E-state index in [0.717, 1.165) is 11.8 Å². The van der Waals surface area contributed by atoms with E-state index in [0.29, 0.717) is 11.4 Å². The molecule has 0 bridgehead atoms. The average Bonchev–Trinajstić information content (AvgIpc) is 2.30. The van der Waals surface area contributed by atoms with Crippen LogP contribution in [0, 0.1) is 0 Å². The molecule has 1 aromatic rings. The first-order chi connectivity index (χ1) is 8.15. The van der Waals surface area contributed by atoms with Crippen LogP contribution in [0.1, 0.15) is 6.92 Å². The van der Waals surface area contributed by atoms with Gasteiger partial charge in [0.2, 0.25) is 0 Å². The van der Waals surface area contributed by atoms with Crippen molar-refractivity contribution >= 4 is 23.4 Å². The third-order valence-electron chi connectivity index (χ3n) is 1.90. The predicted octanol–water partition coefficient (Wildman–Crippen LogP) is 2.14. The zero-order chi connectivity index (χ0) is 12.7. The van der Waals surface area contributed by atoms with Gasteiger partial charge in [0.15, 0.2) is 0 Å². The van der Waals surface area contributed by atoms with Gasteiger partial charge in [-0.15, -0.1) is 11.8 Å². The number of allylic oxidation sites excluding steroid dienone is 1. The first kappa shape index (κ1) is 13.6. The zero-order valence-corrected chi connectivity index (χ0v) is 10.3. The van der Waals surface area contributed by atoms with E-state index < -0.39 is 0 Å². The highest BCUT2D eigenvalue weighted by atomic mass is 32.2. The Morgan fingerprint density at radius 3 is 2.53 bits per heavy atom. The summed E-state index contributed by atoms with van der Waals surface area (Å²) in [6.45, 7) is 1.41. The van der Waals surface area contributed by atoms with E-state index in [-0.39, 0.29) is 23.2 Å². The average molecular weight is 253 g/mol. The first-order valence-electron chi connectivity index (χ1n) is 5.15. The molecule has 0 fully saturated rings. The molecule has 0 atom stereocenters. The largest absolute Gasteiger partial charge is 0.511 e. The molecule has 0 aliphatic rings. The molecule has 0 aromatic heterocycles. The number of hydrogen-bond donors (Lipinski definition) is 3. The number of hydrogen-bond acceptors (Lipinski definition) is 4. The number of rotatable bonds is 5. The Morgan fingerprint density at radius 2 is 2.00 bits per heavy atom. The van der Waals surface area contributed by atoms with Crippen LogP contribution in [0.2, 0.25) is 0 Å². The van der Waals surface area contributed by atoms with Crippen LogP contribution in [0.4, 0.5) is 5.69 Å². The lowest BCUT2D eigenvalue weighted by Crippen LogP contribution is -2.14. The molecule has 0 saturated heterocycles. The maximum absolute atomic E-state index is 11.8. The molecule has 0 aliphatic carbocycles. The molecule has 0 radical (unpaired) electrons. The van der Waals surface area contributed by atoms with Gasteiger partial charge in [-0.05, 0) is 19.1 Å². The number of amides is 1. The molecule has 0 spiro atoms. The summed E-state index contributed by atoms with van der Waals surface area (Å²) in [5.41, 5.74) is 0.667. The molecule has 0 heterocycles. The number of para-hydroxylation sites is 1. The number of carbonyl (C=O) groups is 1. The van der Waals surface area contributed by atoms with E-state index in [2.05, 4.69) is 5.32 Å². The van der Waals surface area contributed by atoms with E-state index >= 15 is 0 Å². The molecule has 1 amide bonds. The van der Waals surface area contributed by atoms with E-state index in [1.165, 1.54) is 6.92 Å².